The third-order valence-electron chi connectivity index (χ3n) is 2.64. The Morgan fingerprint density at radius 1 is 1.35 bits per heavy atom. The highest BCUT2D eigenvalue weighted by molar-refractivity contribution is 5.52. The molecule has 3 heterocycles. The predicted octanol–water partition coefficient (Wildman–Crippen LogP) is 1.43. The van der Waals surface area contributed by atoms with Gasteiger partial charge in [0.1, 0.15) is 0 Å². The van der Waals surface area contributed by atoms with Gasteiger partial charge < -0.3 is 15.5 Å². The van der Waals surface area contributed by atoms with Crippen molar-refractivity contribution in [3.8, 4) is 11.6 Å². The Morgan fingerprint density at radius 3 is 2.90 bits per heavy atom. The predicted molar refractivity (Wildman–Crippen MR) is 74.0 cm³/mol. The van der Waals surface area contributed by atoms with E-state index >= 15 is 0 Å². The van der Waals surface area contributed by atoms with Crippen molar-refractivity contribution in [2.24, 2.45) is 5.92 Å². The number of hydrogen-bond donors (Lipinski definition) is 2. The lowest BCUT2D eigenvalue weighted by Gasteiger charge is -2.07. The van der Waals surface area contributed by atoms with Crippen LogP contribution >= 0.6 is 0 Å². The second-order valence-corrected chi connectivity index (χ2v) is 4.80. The summed E-state index contributed by atoms with van der Waals surface area (Å²) >= 11 is 0. The number of anilines is 2. The number of nitrogens with two attached hydrogens (primary N) is 1. The van der Waals surface area contributed by atoms with Gasteiger partial charge in [-0.1, -0.05) is 13.8 Å². The first-order valence-corrected chi connectivity index (χ1v) is 6.31. The average Bonchev–Trinajstić information content (AvgIpc) is 3.04. The zero-order valence-corrected chi connectivity index (χ0v) is 11.2. The van der Waals surface area contributed by atoms with Gasteiger partial charge in [0, 0.05) is 6.54 Å². The van der Waals surface area contributed by atoms with E-state index in [0.717, 1.165) is 6.54 Å². The average molecular weight is 273 g/mol. The Labute approximate surface area is 115 Å². The topological polar surface area (TPSA) is 107 Å². The molecule has 3 N–H and O–H groups in total. The Hall–Kier alpha value is -2.64. The highest BCUT2D eigenvalue weighted by atomic mass is 16.3. The van der Waals surface area contributed by atoms with Gasteiger partial charge in [-0.05, 0) is 18.1 Å². The number of nitrogens with one attached hydrogen (secondary N) is 1. The first-order valence-electron chi connectivity index (χ1n) is 6.31. The fourth-order valence-corrected chi connectivity index (χ4v) is 1.69. The normalized spacial score (nSPS) is 11.3. The van der Waals surface area contributed by atoms with Crippen molar-refractivity contribution in [2.45, 2.75) is 13.8 Å². The molecule has 0 aliphatic heterocycles. The van der Waals surface area contributed by atoms with E-state index in [4.69, 9.17) is 10.2 Å². The van der Waals surface area contributed by atoms with Crippen molar-refractivity contribution in [3.05, 3.63) is 18.4 Å². The maximum atomic E-state index is 5.87. The third-order valence-corrected chi connectivity index (χ3v) is 2.64. The highest BCUT2D eigenvalue weighted by Crippen LogP contribution is 2.17. The molecule has 0 atom stereocenters. The summed E-state index contributed by atoms with van der Waals surface area (Å²) in [6.07, 6.45) is 1.56. The lowest BCUT2D eigenvalue weighted by atomic mass is 10.2. The number of rotatable bonds is 4. The fourth-order valence-electron chi connectivity index (χ4n) is 1.69. The molecule has 3 aromatic rings. The first kappa shape index (κ1) is 12.4. The maximum absolute atomic E-state index is 5.87. The minimum atomic E-state index is 0.228. The van der Waals surface area contributed by atoms with Gasteiger partial charge in [0.25, 0.3) is 5.78 Å². The second kappa shape index (κ2) is 4.80. The summed E-state index contributed by atoms with van der Waals surface area (Å²) in [5.41, 5.74) is 5.87. The van der Waals surface area contributed by atoms with Gasteiger partial charge in [-0.15, -0.1) is 5.10 Å². The summed E-state index contributed by atoms with van der Waals surface area (Å²) in [6, 6.07) is 3.54. The maximum Gasteiger partial charge on any atom is 0.259 e. The van der Waals surface area contributed by atoms with Crippen LogP contribution in [0.5, 0.6) is 0 Å². The van der Waals surface area contributed by atoms with E-state index in [0.29, 0.717) is 29.2 Å². The molecular formula is C12H15N7O. The van der Waals surface area contributed by atoms with Gasteiger partial charge in [0.05, 0.1) is 6.26 Å². The van der Waals surface area contributed by atoms with Crippen LogP contribution in [-0.4, -0.2) is 31.1 Å². The number of nitrogens with zero attached hydrogens (tertiary/aromatic N) is 5. The van der Waals surface area contributed by atoms with Gasteiger partial charge in [-0.3, -0.25) is 0 Å². The molecule has 0 spiro atoms. The van der Waals surface area contributed by atoms with Gasteiger partial charge in [0.2, 0.25) is 17.7 Å². The van der Waals surface area contributed by atoms with Gasteiger partial charge in [0.15, 0.2) is 5.76 Å². The summed E-state index contributed by atoms with van der Waals surface area (Å²) in [5, 5.41) is 7.34. The molecule has 0 saturated heterocycles. The van der Waals surface area contributed by atoms with E-state index in [1.165, 1.54) is 4.52 Å². The van der Waals surface area contributed by atoms with Gasteiger partial charge in [-0.2, -0.15) is 19.5 Å². The summed E-state index contributed by atoms with van der Waals surface area (Å²) < 4.78 is 6.64. The highest BCUT2D eigenvalue weighted by Gasteiger charge is 2.13. The minimum Gasteiger partial charge on any atom is -0.461 e. The number of nitrogen functional groups attached to an aromatic ring is 1. The van der Waals surface area contributed by atoms with Crippen LogP contribution in [0.2, 0.25) is 0 Å². The van der Waals surface area contributed by atoms with E-state index < -0.39 is 0 Å². The lowest BCUT2D eigenvalue weighted by molar-refractivity contribution is 0.577. The molecule has 8 heteroatoms. The largest absolute Gasteiger partial charge is 0.461 e. The molecule has 0 aliphatic carbocycles. The van der Waals surface area contributed by atoms with Crippen LogP contribution in [0, 0.1) is 5.92 Å². The molecule has 3 aromatic heterocycles. The van der Waals surface area contributed by atoms with E-state index in [1.54, 1.807) is 18.4 Å². The SMILES string of the molecule is CC(C)CNc1nc(N)n2nc(-c3ccco3)nc2n1. The molecule has 104 valence electrons. The van der Waals surface area contributed by atoms with Crippen LogP contribution in [0.3, 0.4) is 0 Å². The minimum absolute atomic E-state index is 0.228. The van der Waals surface area contributed by atoms with Crippen molar-refractivity contribution >= 4 is 17.7 Å². The van der Waals surface area contributed by atoms with E-state index in [9.17, 15) is 0 Å². The third kappa shape index (κ3) is 2.27. The summed E-state index contributed by atoms with van der Waals surface area (Å²) in [7, 11) is 0. The number of hydrogen-bond acceptors (Lipinski definition) is 7. The molecule has 0 bridgehead atoms. The summed E-state index contributed by atoms with van der Waals surface area (Å²) in [4.78, 5) is 12.7. The molecule has 3 rings (SSSR count). The van der Waals surface area contributed by atoms with E-state index in [1.807, 2.05) is 0 Å². The Morgan fingerprint density at radius 2 is 2.20 bits per heavy atom. The first-order chi connectivity index (χ1) is 9.63. The smallest absolute Gasteiger partial charge is 0.259 e. The molecule has 20 heavy (non-hydrogen) atoms. The Kier molecular flexibility index (Phi) is 2.97. The van der Waals surface area contributed by atoms with Crippen LogP contribution in [0.25, 0.3) is 17.4 Å². The standard InChI is InChI=1S/C12H15N7O/c1-7(2)6-14-11-16-10(13)19-12(17-11)15-9(18-19)8-4-3-5-20-8/h3-5,7H,6H2,1-2H3,(H3,13,14,15,16,17,18). The zero-order chi connectivity index (χ0) is 14.1. The second-order valence-electron chi connectivity index (χ2n) is 4.80. The molecule has 8 nitrogen and oxygen atoms in total. The Balaban J connectivity index is 1.99. The fraction of sp³-hybridized carbons (Fsp3) is 0.333. The number of fused-ring (bicyclic) bond motifs is 1. The molecule has 0 amide bonds. The molecule has 0 unspecified atom stereocenters. The molecule has 0 aliphatic rings. The van der Waals surface area contributed by atoms with E-state index in [2.05, 4.69) is 39.2 Å². The van der Waals surface area contributed by atoms with Crippen molar-refractivity contribution in [1.82, 2.24) is 24.6 Å². The van der Waals surface area contributed by atoms with E-state index in [-0.39, 0.29) is 5.95 Å². The molecular weight excluding hydrogens is 258 g/mol. The molecule has 0 saturated carbocycles. The lowest BCUT2D eigenvalue weighted by Crippen LogP contribution is -2.13. The van der Waals surface area contributed by atoms with Crippen LogP contribution in [0.1, 0.15) is 13.8 Å². The van der Waals surface area contributed by atoms with Crippen molar-refractivity contribution in [1.29, 1.82) is 0 Å². The van der Waals surface area contributed by atoms with Crippen molar-refractivity contribution < 1.29 is 4.42 Å². The monoisotopic (exact) mass is 273 g/mol. The molecule has 0 radical (unpaired) electrons. The Bertz CT molecular complexity index is 717. The zero-order valence-electron chi connectivity index (χ0n) is 11.2. The van der Waals surface area contributed by atoms with Crippen molar-refractivity contribution in [3.63, 3.8) is 0 Å². The van der Waals surface area contributed by atoms with Gasteiger partial charge >= 0.3 is 0 Å². The number of furan rings is 1. The van der Waals surface area contributed by atoms with Crippen LogP contribution in [-0.2, 0) is 0 Å². The molecule has 0 aromatic carbocycles. The van der Waals surface area contributed by atoms with Gasteiger partial charge in [-0.25, -0.2) is 0 Å². The summed E-state index contributed by atoms with van der Waals surface area (Å²) in [6.45, 7) is 4.96. The number of aromatic nitrogens is 5. The van der Waals surface area contributed by atoms with Crippen LogP contribution < -0.4 is 11.1 Å². The van der Waals surface area contributed by atoms with Crippen LogP contribution in [0.15, 0.2) is 22.8 Å². The summed E-state index contributed by atoms with van der Waals surface area (Å²) in [5.74, 6) is 2.53. The molecule has 0 fully saturated rings. The van der Waals surface area contributed by atoms with Crippen LogP contribution in [0.4, 0.5) is 11.9 Å². The van der Waals surface area contributed by atoms with Crippen molar-refractivity contribution in [2.75, 3.05) is 17.6 Å². The quantitative estimate of drug-likeness (QED) is 0.740.